The van der Waals surface area contributed by atoms with Crippen molar-refractivity contribution < 1.29 is 90.8 Å². The molecule has 8 nitrogen and oxygen atoms in total. The van der Waals surface area contributed by atoms with Crippen molar-refractivity contribution in [2.45, 2.75) is 70.0 Å². The summed E-state index contributed by atoms with van der Waals surface area (Å²) in [5.41, 5.74) is 4.10. The lowest BCUT2D eigenvalue weighted by Gasteiger charge is -2.19. The molecule has 21 heteroatoms. The number of nitrogens with two attached hydrogens (primary N) is 1. The van der Waals surface area contributed by atoms with Crippen molar-refractivity contribution >= 4 is 41.2 Å². The van der Waals surface area contributed by atoms with Crippen molar-refractivity contribution in [3.63, 3.8) is 0 Å². The maximum atomic E-state index is 13.3. The fourth-order valence-electron chi connectivity index (χ4n) is 8.96. The Bertz CT molecular complexity index is 3610. The molecule has 0 unspecified atom stereocenters. The number of aryl methyl sites for hydroxylation is 2. The summed E-state index contributed by atoms with van der Waals surface area (Å²) in [5, 5.41) is 8.95. The first-order valence-corrected chi connectivity index (χ1v) is 24.6. The van der Waals surface area contributed by atoms with Gasteiger partial charge in [0.15, 0.2) is 17.3 Å². The Balaban J connectivity index is 0.000000219. The molecule has 9 rings (SSSR count). The molecule has 0 saturated heterocycles. The number of fused-ring (bicyclic) bond motifs is 2. The Kier molecular flexibility index (Phi) is 17.0. The van der Waals surface area contributed by atoms with Gasteiger partial charge in [-0.1, -0.05) is 42.5 Å². The lowest BCUT2D eigenvalue weighted by atomic mass is 9.85. The Morgan fingerprint density at radius 2 is 0.878 bits per heavy atom. The number of rotatable bonds is 12. The number of benzene rings is 7. The minimum atomic E-state index is -4.99. The molecule has 0 aromatic heterocycles. The number of allylic oxidation sites excluding steroid dienone is 2. The Labute approximate surface area is 457 Å². The first kappa shape index (κ1) is 59.1. The Morgan fingerprint density at radius 1 is 0.488 bits per heavy atom. The molecule has 0 bridgehead atoms. The molecule has 0 radical (unpaired) electrons. The van der Waals surface area contributed by atoms with Gasteiger partial charge < -0.3 is 20.3 Å². The number of Topliss-reactive ketones (excluding diaryl/α,β-unsaturated/α-hetero) is 3. The highest BCUT2D eigenvalue weighted by atomic mass is 19.4. The number of carbonyl (C=O) groups excluding carboxylic acids is 3. The second-order valence-corrected chi connectivity index (χ2v) is 19.0. The summed E-state index contributed by atoms with van der Waals surface area (Å²) in [6, 6.07) is 28.6. The van der Waals surface area contributed by atoms with Crippen LogP contribution in [-0.2, 0) is 57.2 Å². The first-order valence-electron chi connectivity index (χ1n) is 24.6. The smallest absolute Gasteiger partial charge is 0.416 e. The van der Waals surface area contributed by atoms with Crippen LogP contribution in [0, 0.1) is 5.82 Å². The number of alkyl halides is 12. The number of carbonyl (C=O) groups is 4. The molecule has 424 valence electrons. The number of hydrogen-bond acceptors (Lipinski definition) is 7. The summed E-state index contributed by atoms with van der Waals surface area (Å²) < 4.78 is 183. The van der Waals surface area contributed by atoms with Crippen LogP contribution in [0.1, 0.15) is 115 Å². The molecule has 0 amide bonds. The molecule has 0 saturated carbocycles. The normalized spacial score (nSPS) is 14.6. The van der Waals surface area contributed by atoms with Gasteiger partial charge in [0, 0.05) is 39.9 Å². The average Bonchev–Trinajstić information content (AvgIpc) is 3.62. The van der Waals surface area contributed by atoms with E-state index in [1.807, 2.05) is 0 Å². The van der Waals surface area contributed by atoms with Crippen LogP contribution in [0.5, 0.6) is 11.5 Å². The number of carboxylic acids is 1. The van der Waals surface area contributed by atoms with E-state index in [0.29, 0.717) is 76.4 Å². The summed E-state index contributed by atoms with van der Waals surface area (Å²) in [6.45, 7) is 0.295. The highest BCUT2D eigenvalue weighted by Crippen LogP contribution is 2.40. The predicted molar refractivity (Wildman–Crippen MR) is 274 cm³/mol. The molecule has 2 aliphatic rings. The van der Waals surface area contributed by atoms with Crippen LogP contribution in [0.15, 0.2) is 151 Å². The minimum Gasteiger partial charge on any atom is -0.489 e. The SMILES string of the molecule is Nc1cc(F)ccc1CC(=O)c1ccc(COc2ccc3c(c2)CC/C(=C\c2cc(C(F)(F)F)cc(C(F)(F)F)c2)C3=O)cc1.O=C(O)c1ccc(COc2ccc3c(c2)CC/C(=C\c2cc(C(F)(F)F)cc(C(F)(F)F)c2)C3=O)cc1. The van der Waals surface area contributed by atoms with Crippen LogP contribution in [0.2, 0.25) is 0 Å². The highest BCUT2D eigenvalue weighted by molar-refractivity contribution is 6.14. The monoisotopic (exact) mass is 1150 g/mol. The molecule has 0 spiro atoms. The standard InChI is InChI=1S/C34H24F7NO3.C27H18F6O4/c35-27-8-7-23(30(42)17-27)15-31(43)21-3-1-19(2-4-21)18-45-28-9-10-29-22(14-28)5-6-24(32(29)44)11-20-12-25(33(36,37)38)16-26(13-20)34(39,40)41;28-26(29,30)20-10-16(11-21(13-20)27(31,32)33)9-19-6-5-18-12-22(7-8-23(18)24(19)34)37-14-15-1-3-17(4-2-15)25(35)36/h1-4,7-14,16-17H,5-6,15,18,42H2;1-4,7-13H,5-6,14H2,(H,35,36)/b24-11+;19-9+. The highest BCUT2D eigenvalue weighted by Gasteiger charge is 2.39. The van der Waals surface area contributed by atoms with Gasteiger partial charge in [-0.2, -0.15) is 52.7 Å². The molecule has 7 aromatic rings. The molecule has 0 atom stereocenters. The largest absolute Gasteiger partial charge is 0.489 e. The summed E-state index contributed by atoms with van der Waals surface area (Å²) in [4.78, 5) is 49.6. The molecule has 82 heavy (non-hydrogen) atoms. The Hall–Kier alpha value is -9.01. The zero-order valence-electron chi connectivity index (χ0n) is 42.3. The zero-order valence-corrected chi connectivity index (χ0v) is 42.3. The van der Waals surface area contributed by atoms with Gasteiger partial charge in [0.2, 0.25) is 0 Å². The van der Waals surface area contributed by atoms with Gasteiger partial charge in [-0.25, -0.2) is 9.18 Å². The van der Waals surface area contributed by atoms with Crippen LogP contribution in [0.4, 0.5) is 62.8 Å². The van der Waals surface area contributed by atoms with E-state index in [9.17, 15) is 76.3 Å². The molecule has 0 heterocycles. The van der Waals surface area contributed by atoms with E-state index >= 15 is 0 Å². The van der Waals surface area contributed by atoms with Crippen molar-refractivity contribution in [2.75, 3.05) is 5.73 Å². The topological polar surface area (TPSA) is 133 Å². The number of halogens is 13. The number of aromatic carboxylic acids is 1. The second-order valence-electron chi connectivity index (χ2n) is 19.0. The summed E-state index contributed by atoms with van der Waals surface area (Å²) >= 11 is 0. The summed E-state index contributed by atoms with van der Waals surface area (Å²) in [6.07, 6.45) is -16.9. The fraction of sp³-hybridized carbons (Fsp3) is 0.180. The van der Waals surface area contributed by atoms with E-state index < -0.39 is 70.3 Å². The predicted octanol–water partition coefficient (Wildman–Crippen LogP) is 15.9. The molecule has 0 aliphatic heterocycles. The summed E-state index contributed by atoms with van der Waals surface area (Å²) in [7, 11) is 0. The van der Waals surface area contributed by atoms with Crippen LogP contribution < -0.4 is 15.2 Å². The lowest BCUT2D eigenvalue weighted by molar-refractivity contribution is -0.144. The van der Waals surface area contributed by atoms with Crippen LogP contribution in [0.25, 0.3) is 12.2 Å². The maximum Gasteiger partial charge on any atom is 0.416 e. The van der Waals surface area contributed by atoms with E-state index in [2.05, 4.69) is 0 Å². The third-order valence-corrected chi connectivity index (χ3v) is 13.2. The number of ketones is 3. The number of nitrogen functional groups attached to an aromatic ring is 1. The average molecular weight is 1150 g/mol. The van der Waals surface area contributed by atoms with E-state index in [0.717, 1.165) is 29.3 Å². The molecular formula is C61H42F13NO7. The first-order chi connectivity index (χ1) is 38.5. The number of carboxylic acid groups (broad SMARTS) is 1. The van der Waals surface area contributed by atoms with Crippen molar-refractivity contribution in [1.29, 1.82) is 0 Å². The molecular weight excluding hydrogens is 1110 g/mol. The number of anilines is 1. The Morgan fingerprint density at radius 3 is 1.24 bits per heavy atom. The van der Waals surface area contributed by atoms with Crippen LogP contribution in [-0.4, -0.2) is 28.4 Å². The number of ether oxygens (including phenoxy) is 2. The maximum absolute atomic E-state index is 13.3. The van der Waals surface area contributed by atoms with Gasteiger partial charge in [0.05, 0.1) is 27.8 Å². The van der Waals surface area contributed by atoms with Gasteiger partial charge in [-0.15, -0.1) is 0 Å². The molecule has 3 N–H and O–H groups in total. The molecule has 2 aliphatic carbocycles. The second kappa shape index (κ2) is 23.6. The van der Waals surface area contributed by atoms with Crippen molar-refractivity contribution in [1.82, 2.24) is 0 Å². The van der Waals surface area contributed by atoms with Crippen LogP contribution in [0.3, 0.4) is 0 Å². The van der Waals surface area contributed by atoms with Gasteiger partial charge in [-0.3, -0.25) is 14.4 Å². The van der Waals surface area contributed by atoms with Crippen LogP contribution >= 0.6 is 0 Å². The van der Waals surface area contributed by atoms with Gasteiger partial charge >= 0.3 is 30.7 Å². The van der Waals surface area contributed by atoms with E-state index in [4.69, 9.17) is 20.3 Å². The van der Waals surface area contributed by atoms with Gasteiger partial charge in [0.1, 0.15) is 30.5 Å². The van der Waals surface area contributed by atoms with E-state index in [-0.39, 0.29) is 89.5 Å². The molecule has 0 fully saturated rings. The number of hydrogen-bond donors (Lipinski definition) is 2. The third-order valence-electron chi connectivity index (χ3n) is 13.2. The summed E-state index contributed by atoms with van der Waals surface area (Å²) in [5.74, 6) is -1.79. The van der Waals surface area contributed by atoms with Crippen molar-refractivity contribution in [3.8, 4) is 11.5 Å². The zero-order chi connectivity index (χ0) is 59.5. The van der Waals surface area contributed by atoms with Crippen molar-refractivity contribution in [3.05, 3.63) is 240 Å². The molecule has 7 aromatic carbocycles. The lowest BCUT2D eigenvalue weighted by Crippen LogP contribution is -2.15. The minimum absolute atomic E-state index is 0.0151. The van der Waals surface area contributed by atoms with E-state index in [1.165, 1.54) is 42.5 Å². The quantitative estimate of drug-likeness (QED) is 0.0535. The van der Waals surface area contributed by atoms with Gasteiger partial charge in [-0.05, 0) is 174 Å². The fourth-order valence-corrected chi connectivity index (χ4v) is 8.96. The third kappa shape index (κ3) is 14.7. The van der Waals surface area contributed by atoms with E-state index in [1.54, 1.807) is 54.6 Å². The van der Waals surface area contributed by atoms with Crippen molar-refractivity contribution in [2.24, 2.45) is 0 Å². The van der Waals surface area contributed by atoms with Gasteiger partial charge in [0.25, 0.3) is 0 Å².